The quantitative estimate of drug-likeness (QED) is 0.396. The lowest BCUT2D eigenvalue weighted by atomic mass is 10.1. The fourth-order valence-electron chi connectivity index (χ4n) is 3.39. The minimum Gasteiger partial charge on any atom is -0.378 e. The monoisotopic (exact) mass is 450 g/mol. The summed E-state index contributed by atoms with van der Waals surface area (Å²) in [6.45, 7) is 1.87. The summed E-state index contributed by atoms with van der Waals surface area (Å²) in [6, 6.07) is 15.5. The Kier molecular flexibility index (Phi) is 7.01. The van der Waals surface area contributed by atoms with Gasteiger partial charge in [0.2, 0.25) is 17.8 Å². The van der Waals surface area contributed by atoms with Crippen LogP contribution in [0.3, 0.4) is 0 Å². The van der Waals surface area contributed by atoms with Crippen molar-refractivity contribution in [1.82, 2.24) is 15.0 Å². The minimum absolute atomic E-state index is 0.387. The van der Waals surface area contributed by atoms with Crippen LogP contribution < -0.4 is 20.5 Å². The largest absolute Gasteiger partial charge is 0.378 e. The van der Waals surface area contributed by atoms with Crippen molar-refractivity contribution in [3.63, 3.8) is 0 Å². The maximum absolute atomic E-state index is 5.99. The van der Waals surface area contributed by atoms with Crippen molar-refractivity contribution in [2.24, 2.45) is 5.10 Å². The summed E-state index contributed by atoms with van der Waals surface area (Å²) < 4.78 is 0. The van der Waals surface area contributed by atoms with Gasteiger partial charge in [-0.2, -0.15) is 20.1 Å². The summed E-state index contributed by atoms with van der Waals surface area (Å²) in [7, 11) is 4.03. The van der Waals surface area contributed by atoms with E-state index in [-0.39, 0.29) is 0 Å². The van der Waals surface area contributed by atoms with Gasteiger partial charge in [0.15, 0.2) is 0 Å². The molecule has 2 N–H and O–H groups in total. The number of piperidine rings is 1. The van der Waals surface area contributed by atoms with E-state index in [1.54, 1.807) is 6.21 Å². The van der Waals surface area contributed by atoms with E-state index in [1.807, 2.05) is 62.6 Å². The van der Waals surface area contributed by atoms with Crippen molar-refractivity contribution >= 4 is 47.0 Å². The van der Waals surface area contributed by atoms with Crippen LogP contribution >= 0.6 is 11.6 Å². The number of hydrogen-bond donors (Lipinski definition) is 2. The number of nitrogens with zero attached hydrogens (tertiary/aromatic N) is 6. The highest BCUT2D eigenvalue weighted by Gasteiger charge is 2.16. The molecule has 32 heavy (non-hydrogen) atoms. The molecule has 0 radical (unpaired) electrons. The van der Waals surface area contributed by atoms with Crippen LogP contribution in [0.4, 0.5) is 29.2 Å². The van der Waals surface area contributed by atoms with Crippen molar-refractivity contribution in [2.45, 2.75) is 19.3 Å². The first-order chi connectivity index (χ1) is 15.6. The number of anilines is 5. The van der Waals surface area contributed by atoms with Crippen molar-refractivity contribution in [3.8, 4) is 0 Å². The molecular weight excluding hydrogens is 424 g/mol. The van der Waals surface area contributed by atoms with E-state index in [2.05, 4.69) is 40.6 Å². The van der Waals surface area contributed by atoms with Crippen LogP contribution in [-0.2, 0) is 0 Å². The SMILES string of the molecule is CN(C)c1ccc(/C=N/Nc2nc(Nc3ccc(Cl)cc3)nc(N3CCCCC3)n2)cc1. The van der Waals surface area contributed by atoms with Crippen LogP contribution in [0.15, 0.2) is 53.6 Å². The molecule has 0 bridgehead atoms. The molecule has 0 atom stereocenters. The van der Waals surface area contributed by atoms with Gasteiger partial charge in [0.05, 0.1) is 6.21 Å². The van der Waals surface area contributed by atoms with Crippen molar-refractivity contribution in [3.05, 3.63) is 59.1 Å². The van der Waals surface area contributed by atoms with Crippen molar-refractivity contribution < 1.29 is 0 Å². The molecule has 0 amide bonds. The molecule has 3 aromatic rings. The summed E-state index contributed by atoms with van der Waals surface area (Å²) in [4.78, 5) is 18.0. The second-order valence-electron chi connectivity index (χ2n) is 7.82. The standard InChI is InChI=1S/C23H27ClN8/c1-31(2)20-12-6-17(7-13-20)16-25-30-22-27-21(26-19-10-8-18(24)9-11-19)28-23(29-22)32-14-4-3-5-15-32/h6-13,16H,3-5,14-15H2,1-2H3,(H2,26,27,28,29,30)/b25-16+. The first-order valence-corrected chi connectivity index (χ1v) is 11.0. The zero-order chi connectivity index (χ0) is 22.3. The third-order valence-electron chi connectivity index (χ3n) is 5.15. The van der Waals surface area contributed by atoms with E-state index in [4.69, 9.17) is 11.6 Å². The highest BCUT2D eigenvalue weighted by molar-refractivity contribution is 6.30. The second-order valence-corrected chi connectivity index (χ2v) is 8.25. The maximum atomic E-state index is 5.99. The molecule has 2 aromatic carbocycles. The number of aromatic nitrogens is 3. The molecule has 1 saturated heterocycles. The minimum atomic E-state index is 0.387. The molecule has 4 rings (SSSR count). The van der Waals surface area contributed by atoms with Gasteiger partial charge in [0.25, 0.3) is 0 Å². The van der Waals surface area contributed by atoms with Crippen LogP contribution in [0.25, 0.3) is 0 Å². The van der Waals surface area contributed by atoms with Gasteiger partial charge in [0.1, 0.15) is 0 Å². The zero-order valence-electron chi connectivity index (χ0n) is 18.3. The Morgan fingerprint density at radius 3 is 2.28 bits per heavy atom. The van der Waals surface area contributed by atoms with Gasteiger partial charge in [-0.15, -0.1) is 0 Å². The fourth-order valence-corrected chi connectivity index (χ4v) is 3.52. The Morgan fingerprint density at radius 2 is 1.59 bits per heavy atom. The number of nitrogens with one attached hydrogen (secondary N) is 2. The molecule has 0 saturated carbocycles. The Balaban J connectivity index is 1.53. The normalized spacial score (nSPS) is 13.9. The number of rotatable bonds is 7. The third kappa shape index (κ3) is 5.85. The van der Waals surface area contributed by atoms with Crippen LogP contribution in [-0.4, -0.2) is 48.4 Å². The van der Waals surface area contributed by atoms with Crippen LogP contribution in [0.2, 0.25) is 5.02 Å². The van der Waals surface area contributed by atoms with Crippen LogP contribution in [0.1, 0.15) is 24.8 Å². The molecule has 9 heteroatoms. The predicted molar refractivity (Wildman–Crippen MR) is 133 cm³/mol. The van der Waals surface area contributed by atoms with Gasteiger partial charge in [-0.3, -0.25) is 0 Å². The Labute approximate surface area is 193 Å². The Bertz CT molecular complexity index is 1040. The molecule has 0 aliphatic carbocycles. The van der Waals surface area contributed by atoms with E-state index in [1.165, 1.54) is 6.42 Å². The lowest BCUT2D eigenvalue weighted by molar-refractivity contribution is 0.568. The highest BCUT2D eigenvalue weighted by atomic mass is 35.5. The average molecular weight is 451 g/mol. The number of benzene rings is 2. The fraction of sp³-hybridized carbons (Fsp3) is 0.304. The summed E-state index contributed by atoms with van der Waals surface area (Å²) in [6.07, 6.45) is 5.25. The van der Waals surface area contributed by atoms with Crippen molar-refractivity contribution in [1.29, 1.82) is 0 Å². The van der Waals surface area contributed by atoms with E-state index in [0.29, 0.717) is 22.9 Å². The molecule has 8 nitrogen and oxygen atoms in total. The summed E-state index contributed by atoms with van der Waals surface area (Å²) in [5, 5.41) is 8.24. The molecule has 1 aromatic heterocycles. The van der Waals surface area contributed by atoms with Crippen LogP contribution in [0, 0.1) is 0 Å². The summed E-state index contributed by atoms with van der Waals surface area (Å²) in [5.41, 5.74) is 5.92. The first kappa shape index (κ1) is 21.8. The molecule has 0 spiro atoms. The van der Waals surface area contributed by atoms with E-state index in [9.17, 15) is 0 Å². The highest BCUT2D eigenvalue weighted by Crippen LogP contribution is 2.22. The predicted octanol–water partition coefficient (Wildman–Crippen LogP) is 4.77. The lowest BCUT2D eigenvalue weighted by Crippen LogP contribution is -2.31. The maximum Gasteiger partial charge on any atom is 0.250 e. The first-order valence-electron chi connectivity index (χ1n) is 10.7. The average Bonchev–Trinajstić information content (AvgIpc) is 2.81. The molecule has 2 heterocycles. The number of hydrogen-bond acceptors (Lipinski definition) is 8. The lowest BCUT2D eigenvalue weighted by Gasteiger charge is -2.26. The third-order valence-corrected chi connectivity index (χ3v) is 5.40. The van der Waals surface area contributed by atoms with Gasteiger partial charge < -0.3 is 15.1 Å². The van der Waals surface area contributed by atoms with Crippen molar-refractivity contribution in [2.75, 3.05) is 47.7 Å². The van der Waals surface area contributed by atoms with Gasteiger partial charge in [-0.25, -0.2) is 5.43 Å². The molecular formula is C23H27ClN8. The molecule has 1 aliphatic rings. The molecule has 1 aliphatic heterocycles. The van der Waals surface area contributed by atoms with Gasteiger partial charge in [-0.1, -0.05) is 23.7 Å². The van der Waals surface area contributed by atoms with Gasteiger partial charge >= 0.3 is 0 Å². The van der Waals surface area contributed by atoms with E-state index < -0.39 is 0 Å². The number of hydrazone groups is 1. The zero-order valence-corrected chi connectivity index (χ0v) is 19.0. The van der Waals surface area contributed by atoms with Crippen LogP contribution in [0.5, 0.6) is 0 Å². The topological polar surface area (TPSA) is 81.6 Å². The second kappa shape index (κ2) is 10.3. The van der Waals surface area contributed by atoms with E-state index in [0.717, 1.165) is 42.9 Å². The summed E-state index contributed by atoms with van der Waals surface area (Å²) in [5.74, 6) is 1.48. The van der Waals surface area contributed by atoms with Gasteiger partial charge in [0, 0.05) is 43.6 Å². The Hall–Kier alpha value is -3.39. The smallest absolute Gasteiger partial charge is 0.250 e. The molecule has 0 unspecified atom stereocenters. The van der Waals surface area contributed by atoms with E-state index >= 15 is 0 Å². The summed E-state index contributed by atoms with van der Waals surface area (Å²) >= 11 is 5.99. The van der Waals surface area contributed by atoms with Gasteiger partial charge in [-0.05, 0) is 61.2 Å². The molecule has 1 fully saturated rings. The molecule has 166 valence electrons. The number of halogens is 1. The Morgan fingerprint density at radius 1 is 0.906 bits per heavy atom.